The molecule has 3 rings (SSSR count). The zero-order valence-corrected chi connectivity index (χ0v) is 11.7. The lowest BCUT2D eigenvalue weighted by Crippen LogP contribution is -2.01. The van der Waals surface area contributed by atoms with Gasteiger partial charge in [0.15, 0.2) is 0 Å². The van der Waals surface area contributed by atoms with Crippen molar-refractivity contribution in [2.24, 2.45) is 0 Å². The molecule has 5 nitrogen and oxygen atoms in total. The first-order chi connectivity index (χ1) is 10.3. The zero-order valence-electron chi connectivity index (χ0n) is 11.7. The second-order valence-corrected chi connectivity index (χ2v) is 4.77. The fourth-order valence-electron chi connectivity index (χ4n) is 2.08. The van der Waals surface area contributed by atoms with Crippen LogP contribution in [-0.2, 0) is 13.1 Å². The van der Waals surface area contributed by atoms with E-state index >= 15 is 0 Å². The van der Waals surface area contributed by atoms with Gasteiger partial charge in [-0.15, -0.1) is 0 Å². The van der Waals surface area contributed by atoms with E-state index in [2.05, 4.69) is 46.4 Å². The van der Waals surface area contributed by atoms with Crippen LogP contribution in [0.5, 0.6) is 0 Å². The highest BCUT2D eigenvalue weighted by Gasteiger charge is 1.99. The highest BCUT2D eigenvalue weighted by Crippen LogP contribution is 2.12. The third kappa shape index (κ3) is 3.39. The second-order valence-electron chi connectivity index (χ2n) is 4.77. The van der Waals surface area contributed by atoms with E-state index in [4.69, 9.17) is 0 Å². The Bertz CT molecular complexity index is 695. The molecule has 0 saturated carbocycles. The van der Waals surface area contributed by atoms with Crippen molar-refractivity contribution >= 4 is 11.9 Å². The molecule has 5 heteroatoms. The summed E-state index contributed by atoms with van der Waals surface area (Å²) in [6.45, 7) is 5.21. The number of nitrogens with zero attached hydrogens (tertiary/aromatic N) is 4. The van der Waals surface area contributed by atoms with Gasteiger partial charge in [-0.25, -0.2) is 4.68 Å². The molecule has 21 heavy (non-hydrogen) atoms. The lowest BCUT2D eigenvalue weighted by Gasteiger charge is -2.06. The topological polar surface area (TPSA) is 47.7 Å². The molecule has 2 heterocycles. The summed E-state index contributed by atoms with van der Waals surface area (Å²) < 4.78 is 3.61. The second kappa shape index (κ2) is 6.09. The minimum atomic E-state index is 0.742. The van der Waals surface area contributed by atoms with Gasteiger partial charge < -0.3 is 5.32 Å². The van der Waals surface area contributed by atoms with Gasteiger partial charge in [-0.2, -0.15) is 10.2 Å². The Hall–Kier alpha value is -2.82. The van der Waals surface area contributed by atoms with E-state index in [-0.39, 0.29) is 0 Å². The molecule has 3 aromatic rings. The van der Waals surface area contributed by atoms with Gasteiger partial charge in [-0.3, -0.25) is 4.68 Å². The van der Waals surface area contributed by atoms with E-state index in [1.807, 2.05) is 29.3 Å². The van der Waals surface area contributed by atoms with E-state index in [0.717, 1.165) is 24.3 Å². The number of rotatable bonds is 6. The van der Waals surface area contributed by atoms with Crippen LogP contribution in [0.15, 0.2) is 61.7 Å². The highest BCUT2D eigenvalue weighted by molar-refractivity contribution is 5.45. The van der Waals surface area contributed by atoms with Crippen LogP contribution in [-0.4, -0.2) is 19.6 Å². The van der Waals surface area contributed by atoms with E-state index in [0.29, 0.717) is 0 Å². The maximum atomic E-state index is 4.20. The monoisotopic (exact) mass is 279 g/mol. The third-order valence-corrected chi connectivity index (χ3v) is 3.20. The molecule has 0 atom stereocenters. The van der Waals surface area contributed by atoms with Crippen LogP contribution in [0.3, 0.4) is 0 Å². The van der Waals surface area contributed by atoms with Crippen LogP contribution in [0.1, 0.15) is 11.1 Å². The van der Waals surface area contributed by atoms with Gasteiger partial charge in [0.2, 0.25) is 0 Å². The number of nitrogens with one attached hydrogen (secondary N) is 1. The van der Waals surface area contributed by atoms with Crippen LogP contribution < -0.4 is 5.32 Å². The van der Waals surface area contributed by atoms with Crippen molar-refractivity contribution in [2.75, 3.05) is 5.32 Å². The maximum Gasteiger partial charge on any atom is 0.0659 e. The fraction of sp³-hybridized carbons (Fsp3) is 0.125. The van der Waals surface area contributed by atoms with E-state index < -0.39 is 0 Å². The lowest BCUT2D eigenvalue weighted by atomic mass is 10.2. The molecule has 0 amide bonds. The molecule has 0 saturated heterocycles. The third-order valence-electron chi connectivity index (χ3n) is 3.20. The van der Waals surface area contributed by atoms with Crippen molar-refractivity contribution < 1.29 is 0 Å². The van der Waals surface area contributed by atoms with Gasteiger partial charge in [0.25, 0.3) is 0 Å². The molecule has 0 aliphatic heterocycles. The molecule has 0 unspecified atom stereocenters. The van der Waals surface area contributed by atoms with Gasteiger partial charge in [-0.05, 0) is 23.8 Å². The normalized spacial score (nSPS) is 10.5. The molecule has 0 aliphatic carbocycles. The van der Waals surface area contributed by atoms with Crippen molar-refractivity contribution in [2.45, 2.75) is 13.1 Å². The Kier molecular flexibility index (Phi) is 3.82. The lowest BCUT2D eigenvalue weighted by molar-refractivity contribution is 0.687. The maximum absolute atomic E-state index is 4.20. The first-order valence-electron chi connectivity index (χ1n) is 6.79. The van der Waals surface area contributed by atoms with E-state index in [1.165, 1.54) is 5.56 Å². The molecule has 1 N–H and O–H groups in total. The Morgan fingerprint density at radius 2 is 2.00 bits per heavy atom. The number of anilines is 1. The van der Waals surface area contributed by atoms with E-state index in [1.54, 1.807) is 17.1 Å². The fourth-order valence-corrected chi connectivity index (χ4v) is 2.08. The Morgan fingerprint density at radius 1 is 1.14 bits per heavy atom. The van der Waals surface area contributed by atoms with Crippen LogP contribution in [0.2, 0.25) is 0 Å². The first kappa shape index (κ1) is 13.2. The average Bonchev–Trinajstić information content (AvgIpc) is 3.18. The van der Waals surface area contributed by atoms with Crippen molar-refractivity contribution in [3.63, 3.8) is 0 Å². The summed E-state index contributed by atoms with van der Waals surface area (Å²) in [6, 6.07) is 10.3. The average molecular weight is 279 g/mol. The van der Waals surface area contributed by atoms with Gasteiger partial charge in [-0.1, -0.05) is 18.7 Å². The molecule has 1 aromatic carbocycles. The summed E-state index contributed by atoms with van der Waals surface area (Å²) in [4.78, 5) is 0. The molecule has 0 fully saturated rings. The standard InChI is InChI=1S/C16H17N5/c1-2-20-13-15(11-19-20)10-17-16-6-4-14(5-7-16)12-21-9-3-8-18-21/h2-9,11,13,17H,1,10,12H2. The minimum absolute atomic E-state index is 0.742. The molecule has 106 valence electrons. The van der Waals surface area contributed by atoms with Crippen molar-refractivity contribution in [3.8, 4) is 0 Å². The van der Waals surface area contributed by atoms with Crippen molar-refractivity contribution in [1.82, 2.24) is 19.6 Å². The SMILES string of the molecule is C=Cn1cc(CNc2ccc(Cn3cccn3)cc2)cn1. The number of aromatic nitrogens is 4. The van der Waals surface area contributed by atoms with Gasteiger partial charge in [0, 0.05) is 42.6 Å². The Balaban J connectivity index is 1.57. The van der Waals surface area contributed by atoms with Gasteiger partial charge in [0.1, 0.15) is 0 Å². The van der Waals surface area contributed by atoms with Crippen LogP contribution >= 0.6 is 0 Å². The minimum Gasteiger partial charge on any atom is -0.381 e. The number of benzene rings is 1. The smallest absolute Gasteiger partial charge is 0.0659 e. The van der Waals surface area contributed by atoms with Crippen LogP contribution in [0.25, 0.3) is 6.20 Å². The summed E-state index contributed by atoms with van der Waals surface area (Å²) >= 11 is 0. The van der Waals surface area contributed by atoms with Gasteiger partial charge >= 0.3 is 0 Å². The van der Waals surface area contributed by atoms with Crippen molar-refractivity contribution in [3.05, 3.63) is 72.8 Å². The summed E-state index contributed by atoms with van der Waals surface area (Å²) in [6.07, 6.45) is 9.21. The highest BCUT2D eigenvalue weighted by atomic mass is 15.3. The first-order valence-corrected chi connectivity index (χ1v) is 6.79. The molecule has 0 bridgehead atoms. The molecular weight excluding hydrogens is 262 g/mol. The quantitative estimate of drug-likeness (QED) is 0.754. The summed E-state index contributed by atoms with van der Waals surface area (Å²) in [5.41, 5.74) is 3.44. The predicted octanol–water partition coefficient (Wildman–Crippen LogP) is 2.84. The number of hydrogen-bond donors (Lipinski definition) is 1. The van der Waals surface area contributed by atoms with Crippen LogP contribution in [0.4, 0.5) is 5.69 Å². The Labute approximate surface area is 123 Å². The van der Waals surface area contributed by atoms with Crippen molar-refractivity contribution in [1.29, 1.82) is 0 Å². The van der Waals surface area contributed by atoms with E-state index in [9.17, 15) is 0 Å². The molecule has 0 spiro atoms. The van der Waals surface area contributed by atoms with Gasteiger partial charge in [0.05, 0.1) is 12.7 Å². The summed E-state index contributed by atoms with van der Waals surface area (Å²) in [5.74, 6) is 0. The summed E-state index contributed by atoms with van der Waals surface area (Å²) in [7, 11) is 0. The summed E-state index contributed by atoms with van der Waals surface area (Å²) in [5, 5.41) is 11.7. The molecular formula is C16H17N5. The largest absolute Gasteiger partial charge is 0.381 e. The molecule has 0 aliphatic rings. The predicted molar refractivity (Wildman–Crippen MR) is 83.7 cm³/mol. The molecule has 2 aromatic heterocycles. The number of hydrogen-bond acceptors (Lipinski definition) is 3. The van der Waals surface area contributed by atoms with Crippen LogP contribution in [0, 0.1) is 0 Å². The Morgan fingerprint density at radius 3 is 2.67 bits per heavy atom. The zero-order chi connectivity index (χ0) is 14.5. The molecule has 0 radical (unpaired) electrons.